The van der Waals surface area contributed by atoms with Crippen LogP contribution in [0.25, 0.3) is 0 Å². The first-order chi connectivity index (χ1) is 13.7. The lowest BCUT2D eigenvalue weighted by Crippen LogP contribution is -2.49. The molecule has 1 aromatic carbocycles. The number of amides is 1. The number of esters is 1. The van der Waals surface area contributed by atoms with Gasteiger partial charge in [-0.15, -0.1) is 0 Å². The summed E-state index contributed by atoms with van der Waals surface area (Å²) < 4.78 is 10.5. The van der Waals surface area contributed by atoms with E-state index in [2.05, 4.69) is 9.88 Å². The number of ether oxygens (including phenoxy) is 2. The van der Waals surface area contributed by atoms with E-state index in [1.807, 2.05) is 29.2 Å². The lowest BCUT2D eigenvalue weighted by molar-refractivity contribution is 0.0525. The summed E-state index contributed by atoms with van der Waals surface area (Å²) in [5.41, 5.74) is 2.27. The SMILES string of the molecule is CCOC(=O)c1ccc(N2CCN(C(=O)c3ccc4c(c3)CCO4)CC2)nc1. The van der Waals surface area contributed by atoms with Gasteiger partial charge < -0.3 is 19.3 Å². The summed E-state index contributed by atoms with van der Waals surface area (Å²) in [6.07, 6.45) is 2.40. The third-order valence-corrected chi connectivity index (χ3v) is 5.09. The Bertz CT molecular complexity index is 874. The maximum atomic E-state index is 12.8. The van der Waals surface area contributed by atoms with Crippen molar-refractivity contribution < 1.29 is 19.1 Å². The van der Waals surface area contributed by atoms with Crippen LogP contribution >= 0.6 is 0 Å². The lowest BCUT2D eigenvalue weighted by Gasteiger charge is -2.35. The molecule has 2 aromatic rings. The number of pyridine rings is 1. The van der Waals surface area contributed by atoms with Gasteiger partial charge in [0.25, 0.3) is 5.91 Å². The van der Waals surface area contributed by atoms with Crippen LogP contribution in [0, 0.1) is 0 Å². The van der Waals surface area contributed by atoms with Crippen LogP contribution in [0.1, 0.15) is 33.2 Å². The molecule has 2 aliphatic heterocycles. The van der Waals surface area contributed by atoms with E-state index in [0.29, 0.717) is 45.0 Å². The minimum Gasteiger partial charge on any atom is -0.493 e. The third kappa shape index (κ3) is 3.65. The van der Waals surface area contributed by atoms with Crippen molar-refractivity contribution in [3.63, 3.8) is 0 Å². The van der Waals surface area contributed by atoms with E-state index in [4.69, 9.17) is 9.47 Å². The molecule has 1 amide bonds. The Morgan fingerprint density at radius 3 is 2.61 bits per heavy atom. The maximum Gasteiger partial charge on any atom is 0.339 e. The molecule has 4 rings (SSSR count). The predicted octanol–water partition coefficient (Wildman–Crippen LogP) is 2.16. The van der Waals surface area contributed by atoms with Gasteiger partial charge in [-0.25, -0.2) is 9.78 Å². The maximum absolute atomic E-state index is 12.8. The van der Waals surface area contributed by atoms with Crippen LogP contribution in [-0.4, -0.2) is 61.2 Å². The Morgan fingerprint density at radius 1 is 1.11 bits per heavy atom. The van der Waals surface area contributed by atoms with Crippen LogP contribution in [-0.2, 0) is 11.2 Å². The minimum absolute atomic E-state index is 0.0555. The summed E-state index contributed by atoms with van der Waals surface area (Å²) in [6, 6.07) is 9.23. The van der Waals surface area contributed by atoms with Gasteiger partial charge in [-0.05, 0) is 42.8 Å². The molecule has 0 N–H and O–H groups in total. The van der Waals surface area contributed by atoms with E-state index >= 15 is 0 Å². The predicted molar refractivity (Wildman–Crippen MR) is 104 cm³/mol. The molecular weight excluding hydrogens is 358 g/mol. The number of carbonyl (C=O) groups excluding carboxylic acids is 2. The van der Waals surface area contributed by atoms with Gasteiger partial charge in [-0.1, -0.05) is 0 Å². The van der Waals surface area contributed by atoms with Crippen LogP contribution in [0.5, 0.6) is 5.75 Å². The van der Waals surface area contributed by atoms with Gasteiger partial charge in [0.05, 0.1) is 18.8 Å². The number of carbonyl (C=O) groups is 2. The fourth-order valence-corrected chi connectivity index (χ4v) is 3.55. The minimum atomic E-state index is -0.364. The Morgan fingerprint density at radius 2 is 1.89 bits per heavy atom. The number of hydrogen-bond donors (Lipinski definition) is 0. The molecule has 1 fully saturated rings. The van der Waals surface area contributed by atoms with E-state index in [0.717, 1.165) is 29.1 Å². The van der Waals surface area contributed by atoms with Crippen molar-refractivity contribution in [2.24, 2.45) is 0 Å². The first-order valence-corrected chi connectivity index (χ1v) is 9.59. The second-order valence-electron chi connectivity index (χ2n) is 6.83. The topological polar surface area (TPSA) is 72.0 Å². The largest absolute Gasteiger partial charge is 0.493 e. The van der Waals surface area contributed by atoms with Crippen molar-refractivity contribution in [3.05, 3.63) is 53.2 Å². The van der Waals surface area contributed by atoms with Crippen LogP contribution in [0.4, 0.5) is 5.82 Å². The van der Waals surface area contributed by atoms with Crippen LogP contribution in [0.3, 0.4) is 0 Å². The Kier molecular flexibility index (Phi) is 5.14. The Balaban J connectivity index is 1.36. The highest BCUT2D eigenvalue weighted by molar-refractivity contribution is 5.95. The number of benzene rings is 1. The first kappa shape index (κ1) is 18.3. The van der Waals surface area contributed by atoms with Crippen LogP contribution < -0.4 is 9.64 Å². The molecule has 7 nitrogen and oxygen atoms in total. The van der Waals surface area contributed by atoms with Crippen LogP contribution in [0.15, 0.2) is 36.5 Å². The normalized spacial score (nSPS) is 15.8. The van der Waals surface area contributed by atoms with Gasteiger partial charge in [0.1, 0.15) is 11.6 Å². The highest BCUT2D eigenvalue weighted by Crippen LogP contribution is 2.26. The molecule has 0 radical (unpaired) electrons. The molecule has 0 aliphatic carbocycles. The molecule has 0 bridgehead atoms. The Labute approximate surface area is 163 Å². The fraction of sp³-hybridized carbons (Fsp3) is 0.381. The number of piperazine rings is 1. The van der Waals surface area contributed by atoms with Crippen molar-refractivity contribution in [1.29, 1.82) is 0 Å². The highest BCUT2D eigenvalue weighted by atomic mass is 16.5. The molecule has 3 heterocycles. The quantitative estimate of drug-likeness (QED) is 0.756. The molecule has 7 heteroatoms. The Hall–Kier alpha value is -3.09. The smallest absolute Gasteiger partial charge is 0.339 e. The number of anilines is 1. The summed E-state index contributed by atoms with van der Waals surface area (Å²) in [7, 11) is 0. The summed E-state index contributed by atoms with van der Waals surface area (Å²) in [6.45, 7) is 5.47. The van der Waals surface area contributed by atoms with Gasteiger partial charge in [-0.2, -0.15) is 0 Å². The molecule has 0 atom stereocenters. The van der Waals surface area contributed by atoms with Crippen molar-refractivity contribution in [2.75, 3.05) is 44.3 Å². The molecule has 1 saturated heterocycles. The average molecular weight is 381 g/mol. The van der Waals surface area contributed by atoms with Crippen molar-refractivity contribution >= 4 is 17.7 Å². The lowest BCUT2D eigenvalue weighted by atomic mass is 10.1. The second-order valence-corrected chi connectivity index (χ2v) is 6.83. The summed E-state index contributed by atoms with van der Waals surface area (Å²) in [5.74, 6) is 1.38. The second kappa shape index (κ2) is 7.88. The molecule has 28 heavy (non-hydrogen) atoms. The van der Waals surface area contributed by atoms with E-state index < -0.39 is 0 Å². The van der Waals surface area contributed by atoms with Gasteiger partial charge in [0, 0.05) is 44.4 Å². The zero-order valence-corrected chi connectivity index (χ0v) is 15.9. The van der Waals surface area contributed by atoms with Gasteiger partial charge >= 0.3 is 5.97 Å². The van der Waals surface area contributed by atoms with Crippen LogP contribution in [0.2, 0.25) is 0 Å². The molecule has 2 aliphatic rings. The van der Waals surface area contributed by atoms with E-state index in [-0.39, 0.29) is 11.9 Å². The summed E-state index contributed by atoms with van der Waals surface area (Å²) in [5, 5.41) is 0. The fourth-order valence-electron chi connectivity index (χ4n) is 3.55. The first-order valence-electron chi connectivity index (χ1n) is 9.59. The molecular formula is C21H23N3O4. The van der Waals surface area contributed by atoms with Crippen molar-refractivity contribution in [3.8, 4) is 5.75 Å². The van der Waals surface area contributed by atoms with Crippen molar-refractivity contribution in [1.82, 2.24) is 9.88 Å². The zero-order valence-electron chi connectivity index (χ0n) is 15.9. The molecule has 0 spiro atoms. The number of fused-ring (bicyclic) bond motifs is 1. The van der Waals surface area contributed by atoms with E-state index in [1.54, 1.807) is 13.0 Å². The van der Waals surface area contributed by atoms with E-state index in [1.165, 1.54) is 6.20 Å². The summed E-state index contributed by atoms with van der Waals surface area (Å²) in [4.78, 5) is 32.9. The average Bonchev–Trinajstić information content (AvgIpc) is 3.21. The van der Waals surface area contributed by atoms with Gasteiger partial charge in [0.2, 0.25) is 0 Å². The molecule has 1 aromatic heterocycles. The zero-order chi connectivity index (χ0) is 19.5. The molecule has 0 unspecified atom stereocenters. The number of nitrogens with zero attached hydrogens (tertiary/aromatic N) is 3. The standard InChI is InChI=1S/C21H23N3O4/c1-2-27-21(26)17-4-6-19(22-14-17)23-8-10-24(11-9-23)20(25)16-3-5-18-15(13-16)7-12-28-18/h3-6,13-14H,2,7-12H2,1H3. The number of aromatic nitrogens is 1. The summed E-state index contributed by atoms with van der Waals surface area (Å²) >= 11 is 0. The monoisotopic (exact) mass is 381 g/mol. The van der Waals surface area contributed by atoms with Gasteiger partial charge in [0.15, 0.2) is 0 Å². The van der Waals surface area contributed by atoms with Gasteiger partial charge in [-0.3, -0.25) is 4.79 Å². The number of rotatable bonds is 4. The number of hydrogen-bond acceptors (Lipinski definition) is 6. The molecule has 0 saturated carbocycles. The van der Waals surface area contributed by atoms with E-state index in [9.17, 15) is 9.59 Å². The highest BCUT2D eigenvalue weighted by Gasteiger charge is 2.24. The van der Waals surface area contributed by atoms with Crippen molar-refractivity contribution in [2.45, 2.75) is 13.3 Å². The third-order valence-electron chi connectivity index (χ3n) is 5.09. The molecule has 146 valence electrons.